The van der Waals surface area contributed by atoms with Gasteiger partial charge in [-0.3, -0.25) is 4.79 Å². The van der Waals surface area contributed by atoms with Gasteiger partial charge in [-0.15, -0.1) is 10.2 Å². The van der Waals surface area contributed by atoms with E-state index in [2.05, 4.69) is 20.6 Å². The number of sulfone groups is 1. The molecule has 1 fully saturated rings. The quantitative estimate of drug-likeness (QED) is 0.687. The third-order valence-corrected chi connectivity index (χ3v) is 5.87. The maximum Gasteiger partial charge on any atom is 0.254 e. The SMILES string of the molecule is CS(=O)(=O)c1cccc(-c2ccc(C(=O)N3CCOCC3)cc2)c1-c1nn[nH]n1. The van der Waals surface area contributed by atoms with Crippen LogP contribution in [0.2, 0.25) is 0 Å². The summed E-state index contributed by atoms with van der Waals surface area (Å²) in [4.78, 5) is 14.5. The Morgan fingerprint density at radius 2 is 1.83 bits per heavy atom. The molecular formula is C19H19N5O4S. The van der Waals surface area contributed by atoms with Crippen LogP contribution in [-0.4, -0.2) is 72.4 Å². The fourth-order valence-corrected chi connectivity index (χ4v) is 4.22. The van der Waals surface area contributed by atoms with E-state index in [-0.39, 0.29) is 16.6 Å². The van der Waals surface area contributed by atoms with Crippen molar-refractivity contribution < 1.29 is 17.9 Å². The minimum absolute atomic E-state index is 0.0527. The van der Waals surface area contributed by atoms with E-state index in [1.807, 2.05) is 0 Å². The zero-order valence-corrected chi connectivity index (χ0v) is 16.5. The van der Waals surface area contributed by atoms with Gasteiger partial charge in [0.05, 0.1) is 18.1 Å². The van der Waals surface area contributed by atoms with E-state index in [0.29, 0.717) is 43.0 Å². The standard InChI is InChI=1S/C19H19N5O4S/c1-29(26,27)16-4-2-3-15(17(16)18-20-22-23-21-18)13-5-7-14(8-6-13)19(25)24-9-11-28-12-10-24/h2-8H,9-12H2,1H3,(H,20,21,22,23). The maximum absolute atomic E-state index is 12.6. The van der Waals surface area contributed by atoms with Gasteiger partial charge in [0.2, 0.25) is 5.82 Å². The molecule has 9 nitrogen and oxygen atoms in total. The van der Waals surface area contributed by atoms with Crippen LogP contribution in [0.1, 0.15) is 10.4 Å². The van der Waals surface area contributed by atoms with E-state index in [1.165, 1.54) is 6.07 Å². The van der Waals surface area contributed by atoms with Gasteiger partial charge in [0, 0.05) is 30.5 Å². The van der Waals surface area contributed by atoms with Gasteiger partial charge in [-0.25, -0.2) is 8.42 Å². The molecule has 2 heterocycles. The Hall–Kier alpha value is -3.11. The number of benzene rings is 2. The molecule has 0 unspecified atom stereocenters. The fourth-order valence-electron chi connectivity index (χ4n) is 3.32. The zero-order valence-electron chi connectivity index (χ0n) is 15.7. The lowest BCUT2D eigenvalue weighted by Crippen LogP contribution is -2.40. The number of hydrogen-bond donors (Lipinski definition) is 1. The van der Waals surface area contributed by atoms with E-state index >= 15 is 0 Å². The van der Waals surface area contributed by atoms with Gasteiger partial charge < -0.3 is 9.64 Å². The lowest BCUT2D eigenvalue weighted by Gasteiger charge is -2.26. The second kappa shape index (κ2) is 7.72. The summed E-state index contributed by atoms with van der Waals surface area (Å²) in [5, 5.41) is 13.9. The number of amides is 1. The average Bonchev–Trinajstić information content (AvgIpc) is 3.27. The summed E-state index contributed by atoms with van der Waals surface area (Å²) in [6.45, 7) is 2.21. The molecule has 0 spiro atoms. The summed E-state index contributed by atoms with van der Waals surface area (Å²) in [6.07, 6.45) is 1.14. The minimum Gasteiger partial charge on any atom is -0.378 e. The molecule has 10 heteroatoms. The molecule has 0 aliphatic carbocycles. The molecule has 0 radical (unpaired) electrons. The van der Waals surface area contributed by atoms with Crippen LogP contribution in [0.4, 0.5) is 0 Å². The number of ether oxygens (including phenoxy) is 1. The van der Waals surface area contributed by atoms with Crippen LogP contribution >= 0.6 is 0 Å². The number of nitrogens with one attached hydrogen (secondary N) is 1. The highest BCUT2D eigenvalue weighted by Crippen LogP contribution is 2.35. The molecule has 1 saturated heterocycles. The fraction of sp³-hybridized carbons (Fsp3) is 0.263. The van der Waals surface area contributed by atoms with Gasteiger partial charge in [0.15, 0.2) is 9.84 Å². The van der Waals surface area contributed by atoms with Crippen molar-refractivity contribution in [3.8, 4) is 22.5 Å². The van der Waals surface area contributed by atoms with Crippen molar-refractivity contribution in [2.24, 2.45) is 0 Å². The second-order valence-corrected chi connectivity index (χ2v) is 8.65. The first-order valence-electron chi connectivity index (χ1n) is 8.99. The van der Waals surface area contributed by atoms with Gasteiger partial charge in [-0.1, -0.05) is 24.3 Å². The Morgan fingerprint density at radius 3 is 2.45 bits per heavy atom. The maximum atomic E-state index is 12.6. The molecule has 0 bridgehead atoms. The van der Waals surface area contributed by atoms with Crippen LogP contribution in [0, 0.1) is 0 Å². The molecule has 29 heavy (non-hydrogen) atoms. The lowest BCUT2D eigenvalue weighted by molar-refractivity contribution is 0.0303. The van der Waals surface area contributed by atoms with Crippen LogP contribution in [-0.2, 0) is 14.6 Å². The largest absolute Gasteiger partial charge is 0.378 e. The van der Waals surface area contributed by atoms with Crippen molar-refractivity contribution in [3.05, 3.63) is 48.0 Å². The lowest BCUT2D eigenvalue weighted by atomic mass is 9.98. The highest BCUT2D eigenvalue weighted by Gasteiger charge is 2.23. The molecule has 1 amide bonds. The summed E-state index contributed by atoms with van der Waals surface area (Å²) in [7, 11) is -3.52. The predicted molar refractivity (Wildman–Crippen MR) is 105 cm³/mol. The van der Waals surface area contributed by atoms with Crippen molar-refractivity contribution >= 4 is 15.7 Å². The number of rotatable bonds is 4. The van der Waals surface area contributed by atoms with Crippen molar-refractivity contribution in [1.29, 1.82) is 0 Å². The highest BCUT2D eigenvalue weighted by atomic mass is 32.2. The molecule has 1 aliphatic heterocycles. The Kier molecular flexibility index (Phi) is 5.12. The van der Waals surface area contributed by atoms with E-state index in [9.17, 15) is 13.2 Å². The first kappa shape index (κ1) is 19.2. The Bertz CT molecular complexity index is 1120. The van der Waals surface area contributed by atoms with Gasteiger partial charge in [0.25, 0.3) is 5.91 Å². The molecule has 1 aromatic heterocycles. The molecule has 4 rings (SSSR count). The number of H-pyrrole nitrogens is 1. The van der Waals surface area contributed by atoms with Gasteiger partial charge in [0.1, 0.15) is 0 Å². The summed E-state index contributed by atoms with van der Waals surface area (Å²) < 4.78 is 29.9. The van der Waals surface area contributed by atoms with Crippen LogP contribution in [0.25, 0.3) is 22.5 Å². The Balaban J connectivity index is 1.75. The van der Waals surface area contributed by atoms with Crippen LogP contribution in [0.5, 0.6) is 0 Å². The Morgan fingerprint density at radius 1 is 1.10 bits per heavy atom. The van der Waals surface area contributed by atoms with Crippen molar-refractivity contribution in [1.82, 2.24) is 25.5 Å². The molecule has 150 valence electrons. The number of nitrogens with zero attached hydrogens (tertiary/aromatic N) is 4. The van der Waals surface area contributed by atoms with Gasteiger partial charge >= 0.3 is 0 Å². The normalized spacial score (nSPS) is 14.7. The molecule has 1 N–H and O–H groups in total. The number of carbonyl (C=O) groups excluding carboxylic acids is 1. The van der Waals surface area contributed by atoms with Crippen molar-refractivity contribution in [2.75, 3.05) is 32.6 Å². The zero-order chi connectivity index (χ0) is 20.4. The number of carbonyl (C=O) groups is 1. The summed E-state index contributed by atoms with van der Waals surface area (Å²) in [5.41, 5.74) is 2.32. The number of aromatic amines is 1. The predicted octanol–water partition coefficient (Wildman–Crippen LogP) is 1.41. The third-order valence-electron chi connectivity index (χ3n) is 4.74. The number of aromatic nitrogens is 4. The topological polar surface area (TPSA) is 118 Å². The van der Waals surface area contributed by atoms with Gasteiger partial charge in [-0.2, -0.15) is 5.21 Å². The monoisotopic (exact) mass is 413 g/mol. The van der Waals surface area contributed by atoms with E-state index in [0.717, 1.165) is 11.8 Å². The number of morpholine rings is 1. The summed E-state index contributed by atoms with van der Waals surface area (Å²) in [5.74, 6) is 0.137. The molecular weight excluding hydrogens is 394 g/mol. The molecule has 0 saturated carbocycles. The first-order valence-corrected chi connectivity index (χ1v) is 10.9. The minimum atomic E-state index is -3.52. The van der Waals surface area contributed by atoms with Gasteiger partial charge in [-0.05, 0) is 34.5 Å². The first-order chi connectivity index (χ1) is 13.9. The molecule has 0 atom stereocenters. The summed E-state index contributed by atoms with van der Waals surface area (Å²) >= 11 is 0. The van der Waals surface area contributed by atoms with E-state index < -0.39 is 9.84 Å². The third kappa shape index (κ3) is 3.89. The van der Waals surface area contributed by atoms with Crippen LogP contribution in [0.3, 0.4) is 0 Å². The number of tetrazole rings is 1. The highest BCUT2D eigenvalue weighted by molar-refractivity contribution is 7.90. The van der Waals surface area contributed by atoms with Crippen molar-refractivity contribution in [3.63, 3.8) is 0 Å². The molecule has 1 aliphatic rings. The van der Waals surface area contributed by atoms with Crippen LogP contribution in [0.15, 0.2) is 47.4 Å². The number of hydrogen-bond acceptors (Lipinski definition) is 7. The van der Waals surface area contributed by atoms with E-state index in [1.54, 1.807) is 41.3 Å². The van der Waals surface area contributed by atoms with E-state index in [4.69, 9.17) is 4.74 Å². The average molecular weight is 413 g/mol. The van der Waals surface area contributed by atoms with Crippen molar-refractivity contribution in [2.45, 2.75) is 4.90 Å². The Labute approximate surface area is 167 Å². The molecule has 3 aromatic rings. The van der Waals surface area contributed by atoms with Crippen LogP contribution < -0.4 is 0 Å². The molecule has 2 aromatic carbocycles. The smallest absolute Gasteiger partial charge is 0.254 e. The summed E-state index contributed by atoms with van der Waals surface area (Å²) in [6, 6.07) is 12.0. The second-order valence-electron chi connectivity index (χ2n) is 6.67.